The molecular formula is C96H130O3. The van der Waals surface area contributed by atoms with Gasteiger partial charge in [-0.05, 0) is 416 Å². The van der Waals surface area contributed by atoms with Crippen LogP contribution in [0.3, 0.4) is 0 Å². The average molecular weight is 1330 g/mol. The lowest BCUT2D eigenvalue weighted by Crippen LogP contribution is -2.26. The Bertz CT molecular complexity index is 3870. The minimum atomic E-state index is -0.130. The number of benzene rings is 6. The highest BCUT2D eigenvalue weighted by Gasteiger charge is 2.42. The molecule has 1 saturated heterocycles. The van der Waals surface area contributed by atoms with E-state index in [0.717, 1.165) is 94.1 Å². The van der Waals surface area contributed by atoms with Gasteiger partial charge in [-0.15, -0.1) is 0 Å². The van der Waals surface area contributed by atoms with Gasteiger partial charge in [0.15, 0.2) is 6.29 Å². The van der Waals surface area contributed by atoms with Crippen LogP contribution in [0.25, 0.3) is 0 Å². The Balaban J connectivity index is 0.000000190. The lowest BCUT2D eigenvalue weighted by atomic mass is 9.85. The number of phenols is 1. The summed E-state index contributed by atoms with van der Waals surface area (Å²) in [6.07, 6.45) is 23.6. The maximum atomic E-state index is 10.4. The van der Waals surface area contributed by atoms with Crippen molar-refractivity contribution in [3.8, 4) is 47.0 Å². The lowest BCUT2D eigenvalue weighted by molar-refractivity contribution is -0.106. The van der Waals surface area contributed by atoms with Gasteiger partial charge in [-0.3, -0.25) is 0 Å². The zero-order chi connectivity index (χ0) is 72.9. The molecule has 1 aliphatic heterocycles. The van der Waals surface area contributed by atoms with E-state index >= 15 is 0 Å². The summed E-state index contributed by atoms with van der Waals surface area (Å²) in [5, 5.41) is 10.4. The van der Waals surface area contributed by atoms with Crippen molar-refractivity contribution in [3.05, 3.63) is 189 Å². The van der Waals surface area contributed by atoms with Gasteiger partial charge in [-0.1, -0.05) is 114 Å². The van der Waals surface area contributed by atoms with Crippen molar-refractivity contribution < 1.29 is 14.6 Å². The van der Waals surface area contributed by atoms with Crippen LogP contribution in [0, 0.1) is 226 Å². The molecule has 0 aromatic heterocycles. The predicted octanol–water partition coefficient (Wildman–Crippen LogP) is 25.6. The molecule has 3 aliphatic carbocycles. The number of aromatic hydroxyl groups is 1. The van der Waals surface area contributed by atoms with E-state index in [-0.39, 0.29) is 6.29 Å². The fourth-order valence-corrected chi connectivity index (χ4v) is 17.1. The first kappa shape index (κ1) is 78.3. The molecule has 3 nitrogen and oxygen atoms in total. The van der Waals surface area contributed by atoms with E-state index in [9.17, 15) is 5.11 Å². The molecule has 7 atom stereocenters. The predicted molar refractivity (Wildman–Crippen MR) is 426 cm³/mol. The van der Waals surface area contributed by atoms with E-state index < -0.39 is 0 Å². The van der Waals surface area contributed by atoms with Crippen LogP contribution >= 0.6 is 0 Å². The van der Waals surface area contributed by atoms with Crippen LogP contribution in [0.1, 0.15) is 343 Å². The van der Waals surface area contributed by atoms with Crippen molar-refractivity contribution in [2.45, 2.75) is 333 Å². The van der Waals surface area contributed by atoms with Gasteiger partial charge in [0.2, 0.25) is 0 Å². The largest absolute Gasteiger partial charge is 0.507 e. The summed E-state index contributed by atoms with van der Waals surface area (Å²) in [4.78, 5) is 0. The van der Waals surface area contributed by atoms with Crippen LogP contribution < -0.4 is 4.74 Å². The van der Waals surface area contributed by atoms with Crippen molar-refractivity contribution in [1.82, 2.24) is 0 Å². The van der Waals surface area contributed by atoms with Crippen molar-refractivity contribution in [1.29, 1.82) is 0 Å². The molecule has 3 saturated carbocycles. The van der Waals surface area contributed by atoms with Crippen molar-refractivity contribution in [2.24, 2.45) is 17.8 Å². The maximum absolute atomic E-state index is 10.4. The van der Waals surface area contributed by atoms with Crippen molar-refractivity contribution >= 4 is 0 Å². The minimum absolute atomic E-state index is 0.130. The average Bonchev–Trinajstić information content (AvgIpc) is 1.65. The molecule has 0 spiro atoms. The van der Waals surface area contributed by atoms with Crippen molar-refractivity contribution in [2.75, 3.05) is 6.61 Å². The molecule has 1 heterocycles. The third kappa shape index (κ3) is 16.7. The fourth-order valence-electron chi connectivity index (χ4n) is 17.1. The van der Waals surface area contributed by atoms with Gasteiger partial charge in [-0.25, -0.2) is 0 Å². The van der Waals surface area contributed by atoms with Crippen LogP contribution in [0.5, 0.6) is 11.5 Å². The Morgan fingerprint density at radius 2 is 0.545 bits per heavy atom. The third-order valence-electron chi connectivity index (χ3n) is 25.9. The highest BCUT2D eigenvalue weighted by Crippen LogP contribution is 2.56. The standard InChI is InChI=1S/C35H48O2.C31H42.C30H40O/c1-10-11-12-15-29-20-32(29)34-25(6)21(2)30(22(3)26(34)7)17-18-31-23(4)27(8)35(28(9)24(31)5)37-33-16-13-14-19-36-33;1-11-12-13-14-27-17-30(27)31-25(9)23(7)29(24(8)26(31)10)16-15-28-21(5)19(3)18(2)20(4)22(28)6;1-10-11-12-13-25-16-28(25)29-21(6)17(2)26(18(3)22(29)7)14-15-27-19(4)23(8)30(31)24(9)20(27)5/h29,32-33H,10-16,19-20H2,1-9H3;27,30H,11-14,17H2,1-10H3;25,28,31H,10-13,16H2,1-9H3. The Labute approximate surface area is 605 Å². The van der Waals surface area contributed by atoms with E-state index in [1.807, 2.05) is 13.8 Å². The maximum Gasteiger partial charge on any atom is 0.199 e. The van der Waals surface area contributed by atoms with E-state index in [1.165, 1.54) is 242 Å². The van der Waals surface area contributed by atoms with Crippen LogP contribution in [0.4, 0.5) is 0 Å². The molecule has 6 aromatic carbocycles. The Morgan fingerprint density at radius 1 is 0.303 bits per heavy atom. The molecule has 4 fully saturated rings. The number of hydrogen-bond donors (Lipinski definition) is 1. The van der Waals surface area contributed by atoms with Gasteiger partial charge < -0.3 is 14.6 Å². The first-order valence-corrected chi connectivity index (χ1v) is 39.0. The SMILES string of the molecule is CCCCCC1CC1c1c(C)c(C)c(C#Cc2c(C)c(C)c(C)c(C)c2C)c(C)c1C.CCCCCC1CC1c1c(C)c(C)c(C#Cc2c(C)c(C)c(O)c(C)c2C)c(C)c1C.CCCCCC1CC1c1c(C)c(C)c(C#Cc2c(C)c(C)c(OC3CCCCO3)c(C)c2C)c(C)c1C. The normalized spacial score (nSPS) is 18.8. The molecule has 4 aliphatic rings. The number of ether oxygens (including phenoxy) is 2. The highest BCUT2D eigenvalue weighted by molar-refractivity contribution is 5.67. The Morgan fingerprint density at radius 3 is 0.798 bits per heavy atom. The molecule has 1 N–H and O–H groups in total. The smallest absolute Gasteiger partial charge is 0.199 e. The zero-order valence-corrected chi connectivity index (χ0v) is 67.7. The minimum Gasteiger partial charge on any atom is -0.507 e. The summed E-state index contributed by atoms with van der Waals surface area (Å²) in [5.74, 6) is 27.9. The summed E-state index contributed by atoms with van der Waals surface area (Å²) in [6.45, 7) is 63.2. The Hall–Kier alpha value is -6.44. The van der Waals surface area contributed by atoms with Crippen LogP contribution in [-0.4, -0.2) is 18.0 Å². The van der Waals surface area contributed by atoms with Crippen LogP contribution in [-0.2, 0) is 4.74 Å². The second-order valence-electron chi connectivity index (χ2n) is 31.8. The summed E-state index contributed by atoms with van der Waals surface area (Å²) >= 11 is 0. The molecule has 0 bridgehead atoms. The zero-order valence-electron chi connectivity index (χ0n) is 67.7. The number of rotatable bonds is 17. The third-order valence-corrected chi connectivity index (χ3v) is 25.9. The van der Waals surface area contributed by atoms with Crippen LogP contribution in [0.15, 0.2) is 0 Å². The van der Waals surface area contributed by atoms with Gasteiger partial charge >= 0.3 is 0 Å². The topological polar surface area (TPSA) is 38.7 Å². The van der Waals surface area contributed by atoms with E-state index in [2.05, 4.69) is 216 Å². The summed E-state index contributed by atoms with van der Waals surface area (Å²) in [7, 11) is 0. The molecule has 532 valence electrons. The molecule has 6 aromatic rings. The van der Waals surface area contributed by atoms with Gasteiger partial charge in [0.25, 0.3) is 0 Å². The first-order chi connectivity index (χ1) is 46.9. The molecule has 7 unspecified atom stereocenters. The van der Waals surface area contributed by atoms with E-state index in [0.29, 0.717) is 5.75 Å². The van der Waals surface area contributed by atoms with E-state index in [4.69, 9.17) is 9.47 Å². The fraction of sp³-hybridized carbons (Fsp3) is 0.562. The number of hydrogen-bond acceptors (Lipinski definition) is 3. The molecular weight excluding hydrogens is 1200 g/mol. The molecule has 10 rings (SSSR count). The lowest BCUT2D eigenvalue weighted by Gasteiger charge is -2.27. The second kappa shape index (κ2) is 33.6. The van der Waals surface area contributed by atoms with Crippen molar-refractivity contribution in [3.63, 3.8) is 0 Å². The summed E-state index contributed by atoms with van der Waals surface area (Å²) in [5.41, 5.74) is 44.6. The Kier molecular flexibility index (Phi) is 26.5. The molecule has 0 amide bonds. The second-order valence-corrected chi connectivity index (χ2v) is 31.8. The van der Waals surface area contributed by atoms with Gasteiger partial charge in [0, 0.05) is 39.8 Å². The number of phenolic OH excluding ortho intramolecular Hbond substituents is 1. The monoisotopic (exact) mass is 1330 g/mol. The molecule has 99 heavy (non-hydrogen) atoms. The first-order valence-electron chi connectivity index (χ1n) is 39.0. The molecule has 3 heteroatoms. The van der Waals surface area contributed by atoms with Gasteiger partial charge in [0.1, 0.15) is 11.5 Å². The molecule has 0 radical (unpaired) electrons. The van der Waals surface area contributed by atoms with Gasteiger partial charge in [-0.2, -0.15) is 0 Å². The van der Waals surface area contributed by atoms with Gasteiger partial charge in [0.05, 0.1) is 6.61 Å². The summed E-state index contributed by atoms with van der Waals surface area (Å²) in [6, 6.07) is 0. The quantitative estimate of drug-likeness (QED) is 0.0731. The van der Waals surface area contributed by atoms with E-state index in [1.54, 1.807) is 16.7 Å². The highest BCUT2D eigenvalue weighted by atomic mass is 16.7. The van der Waals surface area contributed by atoms with Crippen LogP contribution in [0.2, 0.25) is 0 Å². The summed E-state index contributed by atoms with van der Waals surface area (Å²) < 4.78 is 12.2. The number of unbranched alkanes of at least 4 members (excludes halogenated alkanes) is 6.